The Morgan fingerprint density at radius 2 is 1.96 bits per heavy atom. The van der Waals surface area contributed by atoms with Crippen molar-refractivity contribution in [1.29, 1.82) is 0 Å². The average molecular weight is 388 g/mol. The normalized spacial score (nSPS) is 23.5. The van der Waals surface area contributed by atoms with Gasteiger partial charge in [0.2, 0.25) is 0 Å². The first-order valence-electron chi connectivity index (χ1n) is 9.18. The number of rotatable bonds is 4. The average Bonchev–Trinajstić information content (AvgIpc) is 3.09. The molecule has 0 saturated heterocycles. The van der Waals surface area contributed by atoms with Gasteiger partial charge in [0.15, 0.2) is 0 Å². The molecular formula is C22H23Cl2NO. The van der Waals surface area contributed by atoms with Crippen LogP contribution >= 0.6 is 23.2 Å². The molecule has 136 valence electrons. The van der Waals surface area contributed by atoms with Gasteiger partial charge in [-0.2, -0.15) is 0 Å². The molecule has 0 radical (unpaired) electrons. The number of nitrogens with one attached hydrogen (secondary N) is 1. The van der Waals surface area contributed by atoms with Gasteiger partial charge in [0.25, 0.3) is 0 Å². The first kappa shape index (κ1) is 17.8. The predicted octanol–water partition coefficient (Wildman–Crippen LogP) is 6.85. The maximum absolute atomic E-state index is 6.51. The predicted molar refractivity (Wildman–Crippen MR) is 110 cm³/mol. The van der Waals surface area contributed by atoms with Crippen LogP contribution in [0.5, 0.6) is 5.75 Å². The lowest BCUT2D eigenvalue weighted by Crippen LogP contribution is -2.29. The van der Waals surface area contributed by atoms with Crippen LogP contribution in [-0.4, -0.2) is 6.61 Å². The number of allylic oxidation sites excluding steroid dienone is 2. The fourth-order valence-electron chi connectivity index (χ4n) is 3.99. The summed E-state index contributed by atoms with van der Waals surface area (Å²) in [6.45, 7) is 5.06. The topological polar surface area (TPSA) is 21.3 Å². The molecule has 4 heteroatoms. The molecule has 0 saturated carbocycles. The highest BCUT2D eigenvalue weighted by Crippen LogP contribution is 2.51. The quantitative estimate of drug-likeness (QED) is 0.578. The van der Waals surface area contributed by atoms with Crippen molar-refractivity contribution in [3.8, 4) is 5.75 Å². The third-order valence-electron chi connectivity index (χ3n) is 5.22. The van der Waals surface area contributed by atoms with Crippen LogP contribution < -0.4 is 10.1 Å². The monoisotopic (exact) mass is 387 g/mol. The van der Waals surface area contributed by atoms with Gasteiger partial charge in [0.05, 0.1) is 12.6 Å². The minimum absolute atomic E-state index is 0.176. The van der Waals surface area contributed by atoms with Gasteiger partial charge in [-0.1, -0.05) is 55.3 Å². The molecule has 1 aliphatic carbocycles. The highest BCUT2D eigenvalue weighted by atomic mass is 35.5. The Morgan fingerprint density at radius 1 is 1.12 bits per heavy atom. The SMILES string of the molecule is CC(C)COc1ccc2c(c1)C1C=CCC1C(c1ccc(Cl)cc1Cl)N2. The smallest absolute Gasteiger partial charge is 0.119 e. The number of fused-ring (bicyclic) bond motifs is 3. The fourth-order valence-corrected chi connectivity index (χ4v) is 4.51. The van der Waals surface area contributed by atoms with Crippen molar-refractivity contribution in [3.63, 3.8) is 0 Å². The molecule has 1 heterocycles. The van der Waals surface area contributed by atoms with E-state index in [1.54, 1.807) is 0 Å². The second kappa shape index (κ2) is 7.17. The molecule has 0 amide bonds. The van der Waals surface area contributed by atoms with Crippen molar-refractivity contribution in [3.05, 3.63) is 69.7 Å². The molecule has 0 bridgehead atoms. The van der Waals surface area contributed by atoms with Gasteiger partial charge in [-0.15, -0.1) is 0 Å². The van der Waals surface area contributed by atoms with Crippen molar-refractivity contribution >= 4 is 28.9 Å². The van der Waals surface area contributed by atoms with E-state index in [0.717, 1.165) is 35.1 Å². The summed E-state index contributed by atoms with van der Waals surface area (Å²) >= 11 is 12.6. The zero-order valence-electron chi connectivity index (χ0n) is 15.0. The van der Waals surface area contributed by atoms with Crippen molar-refractivity contribution < 1.29 is 4.74 Å². The number of ether oxygens (including phenoxy) is 1. The second-order valence-electron chi connectivity index (χ2n) is 7.60. The van der Waals surface area contributed by atoms with Gasteiger partial charge in [0.1, 0.15) is 5.75 Å². The molecule has 1 aliphatic heterocycles. The Morgan fingerprint density at radius 3 is 2.73 bits per heavy atom. The first-order valence-corrected chi connectivity index (χ1v) is 9.93. The van der Waals surface area contributed by atoms with Crippen LogP contribution in [0.3, 0.4) is 0 Å². The second-order valence-corrected chi connectivity index (χ2v) is 8.44. The van der Waals surface area contributed by atoms with Crippen LogP contribution in [0.1, 0.15) is 43.4 Å². The lowest BCUT2D eigenvalue weighted by Gasteiger charge is -2.38. The fraction of sp³-hybridized carbons (Fsp3) is 0.364. The van der Waals surface area contributed by atoms with Crippen LogP contribution in [0.4, 0.5) is 5.69 Å². The summed E-state index contributed by atoms with van der Waals surface area (Å²) < 4.78 is 5.94. The third-order valence-corrected chi connectivity index (χ3v) is 5.78. The Bertz CT molecular complexity index is 846. The summed E-state index contributed by atoms with van der Waals surface area (Å²) in [7, 11) is 0. The molecule has 2 nitrogen and oxygen atoms in total. The summed E-state index contributed by atoms with van der Waals surface area (Å²) in [5, 5.41) is 5.11. The lowest BCUT2D eigenvalue weighted by molar-refractivity contribution is 0.270. The lowest BCUT2D eigenvalue weighted by atomic mass is 9.77. The Kier molecular flexibility index (Phi) is 4.90. The molecular weight excluding hydrogens is 365 g/mol. The van der Waals surface area contributed by atoms with Crippen LogP contribution in [0, 0.1) is 11.8 Å². The van der Waals surface area contributed by atoms with Gasteiger partial charge in [-0.25, -0.2) is 0 Å². The van der Waals surface area contributed by atoms with E-state index < -0.39 is 0 Å². The molecule has 2 aromatic rings. The molecule has 0 fully saturated rings. The molecule has 26 heavy (non-hydrogen) atoms. The van der Waals surface area contributed by atoms with E-state index in [9.17, 15) is 0 Å². The Balaban J connectivity index is 1.68. The van der Waals surface area contributed by atoms with Crippen LogP contribution in [-0.2, 0) is 0 Å². The van der Waals surface area contributed by atoms with E-state index >= 15 is 0 Å². The summed E-state index contributed by atoms with van der Waals surface area (Å²) in [6, 6.07) is 12.3. The highest BCUT2D eigenvalue weighted by molar-refractivity contribution is 6.35. The molecule has 4 rings (SSSR count). The zero-order chi connectivity index (χ0) is 18.3. The largest absolute Gasteiger partial charge is 0.493 e. The van der Waals surface area contributed by atoms with Crippen molar-refractivity contribution in [2.45, 2.75) is 32.2 Å². The van der Waals surface area contributed by atoms with Gasteiger partial charge in [-0.3, -0.25) is 0 Å². The number of halogens is 2. The maximum Gasteiger partial charge on any atom is 0.119 e. The van der Waals surface area contributed by atoms with E-state index in [0.29, 0.717) is 22.8 Å². The summed E-state index contributed by atoms with van der Waals surface area (Å²) in [5.41, 5.74) is 3.58. The first-order chi connectivity index (χ1) is 12.5. The van der Waals surface area contributed by atoms with Crippen LogP contribution in [0.25, 0.3) is 0 Å². The third kappa shape index (κ3) is 3.33. The molecule has 0 aromatic heterocycles. The number of anilines is 1. The van der Waals surface area contributed by atoms with Gasteiger partial charge >= 0.3 is 0 Å². The van der Waals surface area contributed by atoms with Crippen molar-refractivity contribution in [1.82, 2.24) is 0 Å². The number of hydrogen-bond acceptors (Lipinski definition) is 2. The Labute approximate surface area is 165 Å². The van der Waals surface area contributed by atoms with Crippen LogP contribution in [0.2, 0.25) is 10.0 Å². The highest BCUT2D eigenvalue weighted by Gasteiger charge is 2.38. The van der Waals surface area contributed by atoms with Crippen molar-refractivity contribution in [2.75, 3.05) is 11.9 Å². The summed E-state index contributed by atoms with van der Waals surface area (Å²) in [5.74, 6) is 2.29. The summed E-state index contributed by atoms with van der Waals surface area (Å²) in [6.07, 6.45) is 5.65. The maximum atomic E-state index is 6.51. The van der Waals surface area contributed by atoms with Gasteiger partial charge < -0.3 is 10.1 Å². The standard InChI is InChI=1S/C22H23Cl2NO/c1-13(2)12-26-15-7-9-21-19(11-15)16-4-3-5-17(16)22(25-21)18-8-6-14(23)10-20(18)24/h3-4,6-11,13,16-17,22,25H,5,12H2,1-2H3. The number of hydrogen-bond donors (Lipinski definition) is 1. The zero-order valence-corrected chi connectivity index (χ0v) is 16.5. The Hall–Kier alpha value is -1.64. The van der Waals surface area contributed by atoms with E-state index in [1.165, 1.54) is 5.56 Å². The summed E-state index contributed by atoms with van der Waals surface area (Å²) in [4.78, 5) is 0. The van der Waals surface area contributed by atoms with Gasteiger partial charge in [0, 0.05) is 21.7 Å². The van der Waals surface area contributed by atoms with Crippen molar-refractivity contribution in [2.24, 2.45) is 11.8 Å². The molecule has 0 spiro atoms. The van der Waals surface area contributed by atoms with E-state index in [4.69, 9.17) is 27.9 Å². The molecule has 2 aliphatic rings. The van der Waals surface area contributed by atoms with Crippen LogP contribution in [0.15, 0.2) is 48.6 Å². The molecule has 3 unspecified atom stereocenters. The molecule has 3 atom stereocenters. The minimum Gasteiger partial charge on any atom is -0.493 e. The van der Waals surface area contributed by atoms with E-state index in [-0.39, 0.29) is 6.04 Å². The van der Waals surface area contributed by atoms with Gasteiger partial charge in [-0.05, 0) is 59.7 Å². The van der Waals surface area contributed by atoms with E-state index in [1.807, 2.05) is 24.3 Å². The molecule has 2 aromatic carbocycles. The van der Waals surface area contributed by atoms with E-state index in [2.05, 4.69) is 43.4 Å². The number of benzene rings is 2. The molecule has 1 N–H and O–H groups in total. The minimum atomic E-state index is 0.176.